The first kappa shape index (κ1) is 10.7. The van der Waals surface area contributed by atoms with E-state index >= 15 is 0 Å². The lowest BCUT2D eigenvalue weighted by atomic mass is 10.2. The fourth-order valence-electron chi connectivity index (χ4n) is 0.951. The quantitative estimate of drug-likeness (QED) is 0.401. The Balaban J connectivity index is 3.21. The normalized spacial score (nSPS) is 11.0. The van der Waals surface area contributed by atoms with Crippen LogP contribution in [0.5, 0.6) is 0 Å². The summed E-state index contributed by atoms with van der Waals surface area (Å²) in [5, 5.41) is 0. The number of nitrogen functional groups attached to an aromatic ring is 1. The molecule has 0 fully saturated rings. The van der Waals surface area contributed by atoms with E-state index in [1.54, 1.807) is 0 Å². The molecule has 0 aliphatic heterocycles. The molecule has 5 nitrogen and oxygen atoms in total. The number of hydrogen-bond acceptors (Lipinski definition) is 4. The summed E-state index contributed by atoms with van der Waals surface area (Å²) in [5.41, 5.74) is 2.14. The molecule has 0 heterocycles. The largest absolute Gasteiger partial charge is 0.290 e. The Hall–Kier alpha value is -1.40. The SMILES string of the molecule is CS(=O)(=O)c1cccc(C(=O)NN)c1. The molecule has 0 bridgehead atoms. The molecule has 3 N–H and O–H groups in total. The standard InChI is InChI=1S/C8H10N2O3S/c1-14(12,13)7-4-2-3-6(5-7)8(11)10-9/h2-5H,9H2,1H3,(H,10,11). The minimum Gasteiger partial charge on any atom is -0.290 e. The van der Waals surface area contributed by atoms with Crippen LogP contribution in [-0.4, -0.2) is 20.6 Å². The van der Waals surface area contributed by atoms with E-state index < -0.39 is 15.7 Å². The first-order valence-electron chi connectivity index (χ1n) is 3.76. The van der Waals surface area contributed by atoms with Crippen LogP contribution in [0.4, 0.5) is 0 Å². The smallest absolute Gasteiger partial charge is 0.265 e. The molecule has 0 radical (unpaired) electrons. The molecule has 0 unspecified atom stereocenters. The van der Waals surface area contributed by atoms with E-state index in [2.05, 4.69) is 0 Å². The molecular formula is C8H10N2O3S. The Morgan fingerprint density at radius 2 is 2.07 bits per heavy atom. The molecule has 0 atom stereocenters. The van der Waals surface area contributed by atoms with Gasteiger partial charge in [-0.25, -0.2) is 14.3 Å². The second kappa shape index (κ2) is 3.77. The van der Waals surface area contributed by atoms with E-state index in [1.807, 2.05) is 5.43 Å². The molecule has 0 saturated heterocycles. The molecule has 1 aromatic carbocycles. The van der Waals surface area contributed by atoms with Crippen molar-refractivity contribution in [3.05, 3.63) is 29.8 Å². The van der Waals surface area contributed by atoms with E-state index in [-0.39, 0.29) is 10.5 Å². The van der Waals surface area contributed by atoms with Gasteiger partial charge in [0.05, 0.1) is 4.90 Å². The zero-order valence-corrected chi connectivity index (χ0v) is 8.34. The molecule has 0 aliphatic rings. The van der Waals surface area contributed by atoms with Crippen LogP contribution < -0.4 is 11.3 Å². The van der Waals surface area contributed by atoms with Crippen LogP contribution in [0.15, 0.2) is 29.2 Å². The van der Waals surface area contributed by atoms with Gasteiger partial charge in [-0.05, 0) is 18.2 Å². The topological polar surface area (TPSA) is 89.3 Å². The summed E-state index contributed by atoms with van der Waals surface area (Å²) in [5.74, 6) is 4.40. The number of amides is 1. The van der Waals surface area contributed by atoms with Gasteiger partial charge in [0.1, 0.15) is 0 Å². The first-order chi connectivity index (χ1) is 6.45. The van der Waals surface area contributed by atoms with Crippen molar-refractivity contribution in [2.75, 3.05) is 6.26 Å². The average molecular weight is 214 g/mol. The van der Waals surface area contributed by atoms with Gasteiger partial charge in [-0.3, -0.25) is 10.2 Å². The van der Waals surface area contributed by atoms with Crippen LogP contribution in [0.2, 0.25) is 0 Å². The molecule has 0 saturated carbocycles. The second-order valence-corrected chi connectivity index (χ2v) is 4.79. The number of carbonyl (C=O) groups is 1. The Morgan fingerprint density at radius 3 is 2.57 bits per heavy atom. The lowest BCUT2D eigenvalue weighted by Crippen LogP contribution is -2.30. The third-order valence-corrected chi connectivity index (χ3v) is 2.77. The van der Waals surface area contributed by atoms with Crippen molar-refractivity contribution in [1.82, 2.24) is 5.43 Å². The Kier molecular flexibility index (Phi) is 2.87. The molecule has 6 heteroatoms. The van der Waals surface area contributed by atoms with Crippen LogP contribution >= 0.6 is 0 Å². The van der Waals surface area contributed by atoms with Crippen molar-refractivity contribution >= 4 is 15.7 Å². The highest BCUT2D eigenvalue weighted by atomic mass is 32.2. The van der Waals surface area contributed by atoms with Gasteiger partial charge in [0.2, 0.25) is 0 Å². The van der Waals surface area contributed by atoms with Gasteiger partial charge in [-0.2, -0.15) is 0 Å². The lowest BCUT2D eigenvalue weighted by Gasteiger charge is -2.01. The highest BCUT2D eigenvalue weighted by molar-refractivity contribution is 7.90. The number of hydrogen-bond donors (Lipinski definition) is 2. The molecule has 1 rings (SSSR count). The Bertz CT molecular complexity index is 453. The average Bonchev–Trinajstić information content (AvgIpc) is 2.15. The van der Waals surface area contributed by atoms with Gasteiger partial charge in [0.15, 0.2) is 9.84 Å². The monoisotopic (exact) mass is 214 g/mol. The maximum Gasteiger partial charge on any atom is 0.265 e. The van der Waals surface area contributed by atoms with Gasteiger partial charge in [0, 0.05) is 11.8 Å². The fraction of sp³-hybridized carbons (Fsp3) is 0.125. The van der Waals surface area contributed by atoms with Gasteiger partial charge in [0.25, 0.3) is 5.91 Å². The maximum atomic E-state index is 11.1. The zero-order chi connectivity index (χ0) is 10.8. The Labute approximate surface area is 81.8 Å². The first-order valence-corrected chi connectivity index (χ1v) is 5.65. The summed E-state index contributed by atoms with van der Waals surface area (Å²) < 4.78 is 22.3. The van der Waals surface area contributed by atoms with Gasteiger partial charge in [-0.15, -0.1) is 0 Å². The van der Waals surface area contributed by atoms with E-state index in [4.69, 9.17) is 5.84 Å². The third kappa shape index (κ3) is 2.30. The number of sulfone groups is 1. The maximum absolute atomic E-state index is 11.1. The molecule has 0 spiro atoms. The van der Waals surface area contributed by atoms with E-state index in [1.165, 1.54) is 24.3 Å². The highest BCUT2D eigenvalue weighted by Crippen LogP contribution is 2.10. The van der Waals surface area contributed by atoms with Crippen molar-refractivity contribution in [3.8, 4) is 0 Å². The van der Waals surface area contributed by atoms with E-state index in [9.17, 15) is 13.2 Å². The molecule has 0 aliphatic carbocycles. The number of nitrogens with one attached hydrogen (secondary N) is 1. The number of hydrazine groups is 1. The predicted octanol–water partition coefficient (Wildman–Crippen LogP) is -0.306. The molecule has 76 valence electrons. The van der Waals surface area contributed by atoms with Gasteiger partial charge < -0.3 is 0 Å². The number of carbonyl (C=O) groups excluding carboxylic acids is 1. The third-order valence-electron chi connectivity index (χ3n) is 1.66. The van der Waals surface area contributed by atoms with Crippen molar-refractivity contribution in [2.45, 2.75) is 4.90 Å². The summed E-state index contributed by atoms with van der Waals surface area (Å²) in [6.07, 6.45) is 1.08. The predicted molar refractivity (Wildman–Crippen MR) is 51.2 cm³/mol. The van der Waals surface area contributed by atoms with Crippen LogP contribution in [0.3, 0.4) is 0 Å². The number of nitrogens with two attached hydrogens (primary N) is 1. The van der Waals surface area contributed by atoms with Crippen LogP contribution in [0.1, 0.15) is 10.4 Å². The molecule has 1 amide bonds. The summed E-state index contributed by atoms with van der Waals surface area (Å²) in [7, 11) is -3.29. The van der Waals surface area contributed by atoms with Crippen LogP contribution in [0.25, 0.3) is 0 Å². The second-order valence-electron chi connectivity index (χ2n) is 2.77. The summed E-state index contributed by atoms with van der Waals surface area (Å²) >= 11 is 0. The van der Waals surface area contributed by atoms with Crippen LogP contribution in [0, 0.1) is 0 Å². The lowest BCUT2D eigenvalue weighted by molar-refractivity contribution is 0.0953. The van der Waals surface area contributed by atoms with Crippen molar-refractivity contribution in [1.29, 1.82) is 0 Å². The van der Waals surface area contributed by atoms with Gasteiger partial charge >= 0.3 is 0 Å². The molecular weight excluding hydrogens is 204 g/mol. The Morgan fingerprint density at radius 1 is 1.43 bits per heavy atom. The zero-order valence-electron chi connectivity index (χ0n) is 7.52. The molecule has 0 aromatic heterocycles. The highest BCUT2D eigenvalue weighted by Gasteiger charge is 2.10. The van der Waals surface area contributed by atoms with Gasteiger partial charge in [-0.1, -0.05) is 6.07 Å². The van der Waals surface area contributed by atoms with E-state index in [0.717, 1.165) is 6.26 Å². The molecule has 1 aromatic rings. The summed E-state index contributed by atoms with van der Waals surface area (Å²) in [6.45, 7) is 0. The number of benzene rings is 1. The minimum absolute atomic E-state index is 0.0959. The van der Waals surface area contributed by atoms with Crippen molar-refractivity contribution < 1.29 is 13.2 Å². The van der Waals surface area contributed by atoms with Crippen molar-refractivity contribution in [3.63, 3.8) is 0 Å². The fourth-order valence-corrected chi connectivity index (χ4v) is 1.62. The minimum atomic E-state index is -3.29. The molecule has 14 heavy (non-hydrogen) atoms. The van der Waals surface area contributed by atoms with Crippen molar-refractivity contribution in [2.24, 2.45) is 5.84 Å². The summed E-state index contributed by atoms with van der Waals surface area (Å²) in [6, 6.07) is 5.66. The number of rotatable bonds is 2. The van der Waals surface area contributed by atoms with E-state index in [0.29, 0.717) is 0 Å². The van der Waals surface area contributed by atoms with Crippen LogP contribution in [-0.2, 0) is 9.84 Å². The summed E-state index contributed by atoms with van der Waals surface area (Å²) in [4.78, 5) is 11.2.